The molecule has 4 aliphatic carbocycles. The van der Waals surface area contributed by atoms with E-state index >= 15 is 0 Å². The molecule has 0 amide bonds. The summed E-state index contributed by atoms with van der Waals surface area (Å²) in [5, 5.41) is 21.6. The molecule has 0 radical (unpaired) electrons. The number of allylic oxidation sites excluding steroid dienone is 2. The molecular weight excluding hydrogens is 436 g/mol. The third kappa shape index (κ3) is 3.83. The van der Waals surface area contributed by atoms with E-state index in [1.165, 1.54) is 25.7 Å². The van der Waals surface area contributed by atoms with Crippen molar-refractivity contribution >= 4 is 5.78 Å². The summed E-state index contributed by atoms with van der Waals surface area (Å²) >= 11 is 0. The fourth-order valence-corrected chi connectivity index (χ4v) is 9.72. The van der Waals surface area contributed by atoms with E-state index in [2.05, 4.69) is 47.6 Å². The molecule has 0 aromatic rings. The number of methoxy groups -OCH3 is 1. The molecule has 4 rings (SSSR count). The predicted octanol–water partition coefficient (Wildman–Crippen LogP) is 6.33. The second-order valence-electron chi connectivity index (χ2n) is 14.6. The summed E-state index contributed by atoms with van der Waals surface area (Å²) in [5.74, 6) is 2.33. The number of aliphatic hydroxyl groups is 2. The molecule has 0 bridgehead atoms. The standard InChI is InChI=1S/C31H52O4/c1-19(18-23(32)26(34)28(4,5)35-9)20-12-16-31(8)22-10-11-24-27(2,3)25(33)14-15-29(24,6)21(22)13-17-30(20,31)7/h10,19-21,23-24,26,32,34H,11-18H2,1-9H3/t19-,20+,21-,23+,24+,26-,29+,30+,31+/m0/s1. The highest BCUT2D eigenvalue weighted by molar-refractivity contribution is 5.85. The van der Waals surface area contributed by atoms with Crippen LogP contribution >= 0.6 is 0 Å². The summed E-state index contributed by atoms with van der Waals surface area (Å²) in [4.78, 5) is 12.8. The zero-order valence-electron chi connectivity index (χ0n) is 23.9. The van der Waals surface area contributed by atoms with Gasteiger partial charge in [-0.1, -0.05) is 53.2 Å². The van der Waals surface area contributed by atoms with E-state index in [0.717, 1.165) is 19.3 Å². The van der Waals surface area contributed by atoms with E-state index in [1.54, 1.807) is 12.7 Å². The molecule has 0 saturated heterocycles. The van der Waals surface area contributed by atoms with Crippen LogP contribution in [-0.4, -0.2) is 40.9 Å². The van der Waals surface area contributed by atoms with Crippen molar-refractivity contribution in [2.75, 3.05) is 7.11 Å². The minimum Gasteiger partial charge on any atom is -0.390 e. The Kier molecular flexibility index (Phi) is 6.77. The van der Waals surface area contributed by atoms with Crippen molar-refractivity contribution in [3.8, 4) is 0 Å². The molecule has 0 unspecified atom stereocenters. The molecule has 9 atom stereocenters. The molecule has 200 valence electrons. The maximum absolute atomic E-state index is 12.8. The van der Waals surface area contributed by atoms with Crippen molar-refractivity contribution in [1.82, 2.24) is 0 Å². The van der Waals surface area contributed by atoms with E-state index in [1.807, 2.05) is 13.8 Å². The van der Waals surface area contributed by atoms with Crippen LogP contribution in [0.1, 0.15) is 107 Å². The van der Waals surface area contributed by atoms with Crippen molar-refractivity contribution in [1.29, 1.82) is 0 Å². The summed E-state index contributed by atoms with van der Waals surface area (Å²) in [5.41, 5.74) is 1.27. The van der Waals surface area contributed by atoms with Gasteiger partial charge in [-0.15, -0.1) is 0 Å². The lowest BCUT2D eigenvalue weighted by Crippen LogP contribution is -2.57. The molecule has 4 aliphatic rings. The van der Waals surface area contributed by atoms with Crippen molar-refractivity contribution in [2.24, 2.45) is 45.3 Å². The van der Waals surface area contributed by atoms with E-state index in [4.69, 9.17) is 4.74 Å². The first-order chi connectivity index (χ1) is 16.1. The third-order valence-corrected chi connectivity index (χ3v) is 12.5. The number of hydrogen-bond acceptors (Lipinski definition) is 4. The zero-order valence-corrected chi connectivity index (χ0v) is 23.9. The molecule has 3 saturated carbocycles. The molecule has 0 aliphatic heterocycles. The maximum atomic E-state index is 12.8. The van der Waals surface area contributed by atoms with Crippen LogP contribution in [0.25, 0.3) is 0 Å². The lowest BCUT2D eigenvalue weighted by Gasteiger charge is -2.63. The number of carbonyl (C=O) groups excluding carboxylic acids is 1. The highest BCUT2D eigenvalue weighted by Gasteiger charge is 2.65. The quantitative estimate of drug-likeness (QED) is 0.429. The summed E-state index contributed by atoms with van der Waals surface area (Å²) in [7, 11) is 1.59. The fourth-order valence-electron chi connectivity index (χ4n) is 9.72. The Hall–Kier alpha value is -0.710. The van der Waals surface area contributed by atoms with Crippen LogP contribution in [0.15, 0.2) is 11.6 Å². The highest BCUT2D eigenvalue weighted by Crippen LogP contribution is 2.73. The van der Waals surface area contributed by atoms with Gasteiger partial charge in [0.25, 0.3) is 0 Å². The largest absolute Gasteiger partial charge is 0.390 e. The number of fused-ring (bicyclic) bond motifs is 5. The minimum atomic E-state index is -0.901. The smallest absolute Gasteiger partial charge is 0.138 e. The first-order valence-electron chi connectivity index (χ1n) is 14.2. The van der Waals surface area contributed by atoms with Crippen molar-refractivity contribution in [3.63, 3.8) is 0 Å². The van der Waals surface area contributed by atoms with E-state index in [-0.39, 0.29) is 21.7 Å². The lowest BCUT2D eigenvalue weighted by atomic mass is 9.41. The van der Waals surface area contributed by atoms with Crippen LogP contribution in [0.5, 0.6) is 0 Å². The van der Waals surface area contributed by atoms with Crippen LogP contribution in [0.3, 0.4) is 0 Å². The molecule has 0 heterocycles. The van der Waals surface area contributed by atoms with Gasteiger partial charge in [0.15, 0.2) is 0 Å². The molecule has 0 spiro atoms. The van der Waals surface area contributed by atoms with Gasteiger partial charge in [0.1, 0.15) is 11.9 Å². The van der Waals surface area contributed by atoms with Gasteiger partial charge >= 0.3 is 0 Å². The Morgan fingerprint density at radius 1 is 1.09 bits per heavy atom. The molecule has 4 heteroatoms. The lowest BCUT2D eigenvalue weighted by molar-refractivity contribution is -0.146. The van der Waals surface area contributed by atoms with Crippen LogP contribution < -0.4 is 0 Å². The SMILES string of the molecule is COC(C)(C)[C@@H](O)[C@H](O)C[C@H](C)[C@H]1CC[C@]2(C)C3=CC[C@@H]4C(C)(C)C(=O)CC[C@]4(C)[C@H]3CC[C@]12C. The molecular formula is C31H52O4. The summed E-state index contributed by atoms with van der Waals surface area (Å²) in [6, 6.07) is 0. The van der Waals surface area contributed by atoms with Crippen molar-refractivity contribution in [2.45, 2.75) is 125 Å². The van der Waals surface area contributed by atoms with Gasteiger partial charge in [0, 0.05) is 18.9 Å². The number of carbonyl (C=O) groups is 1. The van der Waals surface area contributed by atoms with Gasteiger partial charge in [0.2, 0.25) is 0 Å². The van der Waals surface area contributed by atoms with Gasteiger partial charge in [-0.25, -0.2) is 0 Å². The zero-order chi connectivity index (χ0) is 26.2. The van der Waals surface area contributed by atoms with Gasteiger partial charge in [-0.05, 0) is 98.7 Å². The highest BCUT2D eigenvalue weighted by atomic mass is 16.5. The minimum absolute atomic E-state index is 0.170. The Labute approximate surface area is 214 Å². The Bertz CT molecular complexity index is 873. The first kappa shape index (κ1) is 27.3. The molecule has 4 nitrogen and oxygen atoms in total. The van der Waals surface area contributed by atoms with Crippen LogP contribution in [0.2, 0.25) is 0 Å². The van der Waals surface area contributed by atoms with E-state index in [0.29, 0.717) is 35.9 Å². The van der Waals surface area contributed by atoms with E-state index < -0.39 is 17.8 Å². The van der Waals surface area contributed by atoms with Crippen molar-refractivity contribution in [3.05, 3.63) is 11.6 Å². The average molecular weight is 489 g/mol. The Balaban J connectivity index is 1.59. The van der Waals surface area contributed by atoms with Gasteiger partial charge < -0.3 is 14.9 Å². The first-order valence-corrected chi connectivity index (χ1v) is 14.2. The number of Topliss-reactive ketones (excluding diaryl/α,β-unsaturated/α-hetero) is 1. The average Bonchev–Trinajstić information content (AvgIpc) is 3.07. The predicted molar refractivity (Wildman–Crippen MR) is 141 cm³/mol. The number of rotatable bonds is 6. The molecule has 35 heavy (non-hydrogen) atoms. The van der Waals surface area contributed by atoms with Crippen LogP contribution in [-0.2, 0) is 9.53 Å². The number of ketones is 1. The molecule has 0 aromatic carbocycles. The summed E-state index contributed by atoms with van der Waals surface area (Å²) in [6.45, 7) is 17.9. The number of ether oxygens (including phenoxy) is 1. The Morgan fingerprint density at radius 2 is 1.74 bits per heavy atom. The summed E-state index contributed by atoms with van der Waals surface area (Å²) < 4.78 is 5.44. The van der Waals surface area contributed by atoms with E-state index in [9.17, 15) is 15.0 Å². The van der Waals surface area contributed by atoms with Crippen LogP contribution in [0.4, 0.5) is 0 Å². The maximum Gasteiger partial charge on any atom is 0.138 e. The van der Waals surface area contributed by atoms with Gasteiger partial charge in [0.05, 0.1) is 11.7 Å². The second kappa shape index (κ2) is 8.67. The van der Waals surface area contributed by atoms with Gasteiger partial charge in [-0.2, -0.15) is 0 Å². The normalized spacial score (nSPS) is 43.5. The topological polar surface area (TPSA) is 66.8 Å². The summed E-state index contributed by atoms with van der Waals surface area (Å²) in [6.07, 6.45) is 9.08. The van der Waals surface area contributed by atoms with Crippen LogP contribution in [0, 0.1) is 45.3 Å². The second-order valence-corrected chi connectivity index (χ2v) is 14.6. The Morgan fingerprint density at radius 3 is 2.37 bits per heavy atom. The molecule has 0 aromatic heterocycles. The third-order valence-electron chi connectivity index (χ3n) is 12.5. The van der Waals surface area contributed by atoms with Crippen molar-refractivity contribution < 1.29 is 19.7 Å². The monoisotopic (exact) mass is 488 g/mol. The molecule has 2 N–H and O–H groups in total. The number of hydrogen-bond donors (Lipinski definition) is 2. The van der Waals surface area contributed by atoms with Gasteiger partial charge in [-0.3, -0.25) is 4.79 Å². The fraction of sp³-hybridized carbons (Fsp3) is 0.903. The molecule has 3 fully saturated rings. The number of aliphatic hydroxyl groups excluding tert-OH is 2.